The summed E-state index contributed by atoms with van der Waals surface area (Å²) in [7, 11) is -4.17. The molecular formula is C37H43N3O5S. The van der Waals surface area contributed by atoms with Crippen LogP contribution in [-0.4, -0.2) is 50.4 Å². The second-order valence-electron chi connectivity index (χ2n) is 11.2. The van der Waals surface area contributed by atoms with E-state index in [2.05, 4.69) is 5.32 Å². The number of anilines is 1. The molecule has 2 atom stereocenters. The molecule has 2 amide bonds. The minimum atomic E-state index is -4.17. The molecule has 0 fully saturated rings. The summed E-state index contributed by atoms with van der Waals surface area (Å²) in [6.07, 6.45) is 0.978. The van der Waals surface area contributed by atoms with E-state index in [-0.39, 0.29) is 29.8 Å². The monoisotopic (exact) mass is 641 g/mol. The van der Waals surface area contributed by atoms with Gasteiger partial charge in [-0.25, -0.2) is 8.42 Å². The van der Waals surface area contributed by atoms with Gasteiger partial charge in [0.1, 0.15) is 18.3 Å². The zero-order valence-electron chi connectivity index (χ0n) is 26.9. The number of rotatable bonds is 15. The standard InChI is InChI=1S/C37H43N3O5S/c1-5-29(4)38-37(42)35(25-30-16-9-7-10-17-30)39(26-31-18-14-13-15-28(31)3)36(41)27-40(32-21-23-33(24-22-32)45-6-2)46(43,44)34-19-11-8-12-20-34/h7-24,29,35H,5-6,25-27H2,1-4H3,(H,38,42)/t29-,35+/m0/s1. The van der Waals surface area contributed by atoms with Crippen LogP contribution < -0.4 is 14.4 Å². The third kappa shape index (κ3) is 8.75. The molecule has 0 aliphatic rings. The second-order valence-corrected chi connectivity index (χ2v) is 13.1. The molecule has 4 aromatic carbocycles. The number of carbonyl (C=O) groups is 2. The van der Waals surface area contributed by atoms with E-state index >= 15 is 0 Å². The number of carbonyl (C=O) groups excluding carboxylic acids is 2. The smallest absolute Gasteiger partial charge is 0.264 e. The molecular weight excluding hydrogens is 598 g/mol. The van der Waals surface area contributed by atoms with E-state index in [4.69, 9.17) is 4.74 Å². The Morgan fingerprint density at radius 3 is 2.04 bits per heavy atom. The van der Waals surface area contributed by atoms with Gasteiger partial charge >= 0.3 is 0 Å². The van der Waals surface area contributed by atoms with E-state index in [1.807, 2.05) is 82.3 Å². The fraction of sp³-hybridized carbons (Fsp3) is 0.297. The Labute approximate surface area is 273 Å². The van der Waals surface area contributed by atoms with Crippen LogP contribution in [0.2, 0.25) is 0 Å². The fourth-order valence-electron chi connectivity index (χ4n) is 5.09. The van der Waals surface area contributed by atoms with Crippen molar-refractivity contribution >= 4 is 27.5 Å². The van der Waals surface area contributed by atoms with Crippen molar-refractivity contribution in [3.05, 3.63) is 126 Å². The Hall–Kier alpha value is -4.63. The van der Waals surface area contributed by atoms with Crippen molar-refractivity contribution in [3.8, 4) is 5.75 Å². The summed E-state index contributed by atoms with van der Waals surface area (Å²) >= 11 is 0. The third-order valence-electron chi connectivity index (χ3n) is 7.92. The highest BCUT2D eigenvalue weighted by molar-refractivity contribution is 7.92. The van der Waals surface area contributed by atoms with Crippen molar-refractivity contribution < 1.29 is 22.7 Å². The highest BCUT2D eigenvalue weighted by Crippen LogP contribution is 2.27. The first-order valence-electron chi connectivity index (χ1n) is 15.6. The first kappa shape index (κ1) is 34.2. The van der Waals surface area contributed by atoms with Gasteiger partial charge in [0.2, 0.25) is 11.8 Å². The number of hydrogen-bond acceptors (Lipinski definition) is 5. The molecule has 4 rings (SSSR count). The maximum Gasteiger partial charge on any atom is 0.264 e. The molecule has 8 nitrogen and oxygen atoms in total. The van der Waals surface area contributed by atoms with Gasteiger partial charge in [-0.1, -0.05) is 79.7 Å². The van der Waals surface area contributed by atoms with Crippen molar-refractivity contribution in [3.63, 3.8) is 0 Å². The summed E-state index contributed by atoms with van der Waals surface area (Å²) in [6.45, 7) is 7.79. The second kappa shape index (κ2) is 16.1. The van der Waals surface area contributed by atoms with E-state index in [1.54, 1.807) is 42.5 Å². The van der Waals surface area contributed by atoms with Gasteiger partial charge in [0.25, 0.3) is 10.0 Å². The van der Waals surface area contributed by atoms with E-state index < -0.39 is 28.5 Å². The van der Waals surface area contributed by atoms with Crippen LogP contribution in [0.5, 0.6) is 5.75 Å². The number of hydrogen-bond donors (Lipinski definition) is 1. The Morgan fingerprint density at radius 2 is 1.43 bits per heavy atom. The predicted octanol–water partition coefficient (Wildman–Crippen LogP) is 6.14. The van der Waals surface area contributed by atoms with Crippen LogP contribution in [0.1, 0.15) is 43.9 Å². The van der Waals surface area contributed by atoms with Crippen LogP contribution in [-0.2, 0) is 32.6 Å². The predicted molar refractivity (Wildman–Crippen MR) is 182 cm³/mol. The van der Waals surface area contributed by atoms with Gasteiger partial charge in [-0.05, 0) is 80.3 Å². The number of aryl methyl sites for hydroxylation is 1. The topological polar surface area (TPSA) is 96.0 Å². The lowest BCUT2D eigenvalue weighted by atomic mass is 10.0. The van der Waals surface area contributed by atoms with Crippen molar-refractivity contribution in [1.29, 1.82) is 0 Å². The van der Waals surface area contributed by atoms with Crippen molar-refractivity contribution in [2.45, 2.75) is 64.1 Å². The molecule has 0 bridgehead atoms. The lowest BCUT2D eigenvalue weighted by Gasteiger charge is -2.34. The maximum absolute atomic E-state index is 14.6. The van der Waals surface area contributed by atoms with Crippen molar-refractivity contribution in [1.82, 2.24) is 10.2 Å². The molecule has 0 aromatic heterocycles. The van der Waals surface area contributed by atoms with Gasteiger partial charge in [-0.3, -0.25) is 13.9 Å². The molecule has 0 spiro atoms. The number of amides is 2. The van der Waals surface area contributed by atoms with Gasteiger partial charge in [-0.2, -0.15) is 0 Å². The average Bonchev–Trinajstić information content (AvgIpc) is 3.07. The summed E-state index contributed by atoms with van der Waals surface area (Å²) in [4.78, 5) is 30.1. The molecule has 0 aliphatic heterocycles. The minimum absolute atomic E-state index is 0.0532. The van der Waals surface area contributed by atoms with Gasteiger partial charge in [0.15, 0.2) is 0 Å². The minimum Gasteiger partial charge on any atom is -0.494 e. The van der Waals surface area contributed by atoms with E-state index in [0.717, 1.165) is 27.4 Å². The van der Waals surface area contributed by atoms with E-state index in [0.29, 0.717) is 18.0 Å². The maximum atomic E-state index is 14.6. The van der Waals surface area contributed by atoms with Crippen LogP contribution in [0, 0.1) is 6.92 Å². The Kier molecular flexibility index (Phi) is 12.0. The molecule has 0 heterocycles. The number of nitrogens with zero attached hydrogens (tertiary/aromatic N) is 2. The molecule has 0 aliphatic carbocycles. The van der Waals surface area contributed by atoms with Gasteiger partial charge in [-0.15, -0.1) is 0 Å². The lowest BCUT2D eigenvalue weighted by Crippen LogP contribution is -2.54. The molecule has 242 valence electrons. The molecule has 0 radical (unpaired) electrons. The molecule has 9 heteroatoms. The van der Waals surface area contributed by atoms with Crippen LogP contribution in [0.25, 0.3) is 0 Å². The fourth-order valence-corrected chi connectivity index (χ4v) is 6.53. The summed E-state index contributed by atoms with van der Waals surface area (Å²) in [5.41, 5.74) is 3.01. The van der Waals surface area contributed by atoms with Crippen LogP contribution in [0.4, 0.5) is 5.69 Å². The highest BCUT2D eigenvalue weighted by Gasteiger charge is 2.35. The quantitative estimate of drug-likeness (QED) is 0.168. The van der Waals surface area contributed by atoms with Crippen molar-refractivity contribution in [2.75, 3.05) is 17.5 Å². The summed E-state index contributed by atoms with van der Waals surface area (Å²) < 4.78 is 35.0. The summed E-state index contributed by atoms with van der Waals surface area (Å²) in [5, 5.41) is 3.07. The summed E-state index contributed by atoms with van der Waals surface area (Å²) in [6, 6.07) is 30.9. The van der Waals surface area contributed by atoms with Crippen LogP contribution in [0.15, 0.2) is 114 Å². The molecule has 0 saturated carbocycles. The number of ether oxygens (including phenoxy) is 1. The Morgan fingerprint density at radius 1 is 0.826 bits per heavy atom. The van der Waals surface area contributed by atoms with Crippen LogP contribution in [0.3, 0.4) is 0 Å². The molecule has 4 aromatic rings. The van der Waals surface area contributed by atoms with E-state index in [9.17, 15) is 18.0 Å². The average molecular weight is 642 g/mol. The highest BCUT2D eigenvalue weighted by atomic mass is 32.2. The van der Waals surface area contributed by atoms with Gasteiger partial charge < -0.3 is 15.0 Å². The Balaban J connectivity index is 1.81. The largest absolute Gasteiger partial charge is 0.494 e. The first-order chi connectivity index (χ1) is 22.1. The molecule has 0 saturated heterocycles. The SMILES string of the molecule is CCOc1ccc(N(CC(=O)N(Cc2ccccc2C)[C@H](Cc2ccccc2)C(=O)N[C@@H](C)CC)S(=O)(=O)c2ccccc2)cc1. The summed E-state index contributed by atoms with van der Waals surface area (Å²) in [5.74, 6) is -0.212. The van der Waals surface area contributed by atoms with Gasteiger partial charge in [0.05, 0.1) is 17.2 Å². The van der Waals surface area contributed by atoms with Crippen LogP contribution >= 0.6 is 0 Å². The Bertz CT molecular complexity index is 1680. The number of nitrogens with one attached hydrogen (secondary N) is 1. The number of benzene rings is 4. The van der Waals surface area contributed by atoms with E-state index in [1.165, 1.54) is 17.0 Å². The van der Waals surface area contributed by atoms with Crippen molar-refractivity contribution in [2.24, 2.45) is 0 Å². The zero-order valence-corrected chi connectivity index (χ0v) is 27.7. The first-order valence-corrected chi connectivity index (χ1v) is 17.1. The zero-order chi connectivity index (χ0) is 33.1. The molecule has 46 heavy (non-hydrogen) atoms. The lowest BCUT2D eigenvalue weighted by molar-refractivity contribution is -0.140. The third-order valence-corrected chi connectivity index (χ3v) is 9.71. The molecule has 1 N–H and O–H groups in total. The van der Waals surface area contributed by atoms with Gasteiger partial charge in [0, 0.05) is 19.0 Å². The number of sulfonamides is 1. The molecule has 0 unspecified atom stereocenters. The normalized spacial score (nSPS) is 12.5.